The van der Waals surface area contributed by atoms with E-state index >= 15 is 0 Å². The molecule has 15 heavy (non-hydrogen) atoms. The molecule has 0 heterocycles. The minimum Gasteiger partial charge on any atom is -0.0843 e. The summed E-state index contributed by atoms with van der Waals surface area (Å²) in [6.07, 6.45) is 1.08. The summed E-state index contributed by atoms with van der Waals surface area (Å²) in [6.45, 7) is 0. The lowest BCUT2D eigenvalue weighted by Crippen LogP contribution is -1.83. The van der Waals surface area contributed by atoms with Gasteiger partial charge in [-0.2, -0.15) is 0 Å². The predicted molar refractivity (Wildman–Crippen MR) is 69.1 cm³/mol. The highest BCUT2D eigenvalue weighted by atomic mass is 35.5. The van der Waals surface area contributed by atoms with E-state index in [4.69, 9.17) is 11.6 Å². The molecule has 0 bridgehead atoms. The van der Waals surface area contributed by atoms with E-state index in [1.165, 1.54) is 16.7 Å². The molecule has 2 aromatic carbocycles. The van der Waals surface area contributed by atoms with Gasteiger partial charge in [-0.05, 0) is 23.3 Å². The Kier molecular flexibility index (Phi) is 3.12. The van der Waals surface area contributed by atoms with Gasteiger partial charge in [0, 0.05) is 5.02 Å². The van der Waals surface area contributed by atoms with Crippen LogP contribution in [0.2, 0.25) is 5.02 Å². The van der Waals surface area contributed by atoms with Gasteiger partial charge in [-0.3, -0.25) is 0 Å². The Labute approximate surface area is 96.3 Å². The van der Waals surface area contributed by atoms with Crippen molar-refractivity contribution in [2.45, 2.75) is 6.32 Å². The lowest BCUT2D eigenvalue weighted by molar-refractivity contribution is 1.40. The summed E-state index contributed by atoms with van der Waals surface area (Å²) < 4.78 is 0. The molecule has 0 aliphatic carbocycles. The SMILES string of the molecule is BCc1ccc(-c2ccc(Cl)cc2)cc1. The maximum Gasteiger partial charge on any atom is 0.107 e. The Morgan fingerprint density at radius 1 is 0.800 bits per heavy atom. The minimum absolute atomic E-state index is 0.781. The molecule has 0 fully saturated rings. The molecule has 0 amide bonds. The summed E-state index contributed by atoms with van der Waals surface area (Å²) in [7, 11) is 2.16. The van der Waals surface area contributed by atoms with Gasteiger partial charge in [0.25, 0.3) is 0 Å². The van der Waals surface area contributed by atoms with Gasteiger partial charge in [-0.15, -0.1) is 0 Å². The normalized spacial score (nSPS) is 10.2. The Morgan fingerprint density at radius 3 is 1.73 bits per heavy atom. The highest BCUT2D eigenvalue weighted by molar-refractivity contribution is 6.30. The summed E-state index contributed by atoms with van der Waals surface area (Å²) >= 11 is 5.85. The van der Waals surface area contributed by atoms with Crippen molar-refractivity contribution in [3.63, 3.8) is 0 Å². The highest BCUT2D eigenvalue weighted by Gasteiger charge is 1.97. The molecule has 0 aliphatic rings. The Balaban J connectivity index is 2.33. The summed E-state index contributed by atoms with van der Waals surface area (Å²) in [6, 6.07) is 16.6. The van der Waals surface area contributed by atoms with Gasteiger partial charge >= 0.3 is 0 Å². The molecular weight excluding hydrogens is 202 g/mol. The smallest absolute Gasteiger partial charge is 0.0843 e. The highest BCUT2D eigenvalue weighted by Crippen LogP contribution is 2.21. The standard InChI is InChI=1S/C13H12BCl/c14-9-10-1-3-11(4-2-10)12-5-7-13(15)8-6-12/h1-8H,9,14H2. The second-order valence-corrected chi connectivity index (χ2v) is 3.99. The number of rotatable bonds is 2. The summed E-state index contributed by atoms with van der Waals surface area (Å²) in [4.78, 5) is 0. The van der Waals surface area contributed by atoms with Crippen LogP contribution in [0.15, 0.2) is 48.5 Å². The third-order valence-corrected chi connectivity index (χ3v) is 2.79. The monoisotopic (exact) mass is 214 g/mol. The van der Waals surface area contributed by atoms with Crippen molar-refractivity contribution < 1.29 is 0 Å². The second kappa shape index (κ2) is 4.54. The first-order chi connectivity index (χ1) is 7.29. The fourth-order valence-corrected chi connectivity index (χ4v) is 1.70. The molecule has 2 aromatic rings. The third-order valence-electron chi connectivity index (χ3n) is 2.54. The molecule has 0 radical (unpaired) electrons. The molecule has 0 saturated heterocycles. The predicted octanol–water partition coefficient (Wildman–Crippen LogP) is 3.14. The van der Waals surface area contributed by atoms with E-state index in [2.05, 4.69) is 32.1 Å². The fourth-order valence-electron chi connectivity index (χ4n) is 1.58. The van der Waals surface area contributed by atoms with E-state index in [0.29, 0.717) is 0 Å². The summed E-state index contributed by atoms with van der Waals surface area (Å²) in [5, 5.41) is 0.781. The van der Waals surface area contributed by atoms with E-state index in [1.54, 1.807) is 0 Å². The van der Waals surface area contributed by atoms with Crippen LogP contribution in [0.4, 0.5) is 0 Å². The second-order valence-electron chi connectivity index (χ2n) is 3.56. The van der Waals surface area contributed by atoms with Gasteiger partial charge in [0.1, 0.15) is 7.85 Å². The molecule has 0 saturated carbocycles. The van der Waals surface area contributed by atoms with Gasteiger partial charge < -0.3 is 0 Å². The van der Waals surface area contributed by atoms with Crippen molar-refractivity contribution in [3.8, 4) is 11.1 Å². The van der Waals surface area contributed by atoms with Crippen molar-refractivity contribution in [1.82, 2.24) is 0 Å². The quantitative estimate of drug-likeness (QED) is 0.674. The zero-order valence-corrected chi connectivity index (χ0v) is 9.46. The number of benzene rings is 2. The van der Waals surface area contributed by atoms with E-state index in [-0.39, 0.29) is 0 Å². The van der Waals surface area contributed by atoms with Crippen LogP contribution in [0.3, 0.4) is 0 Å². The van der Waals surface area contributed by atoms with Gasteiger partial charge in [-0.1, -0.05) is 59.9 Å². The zero-order chi connectivity index (χ0) is 10.7. The molecule has 0 N–H and O–H groups in total. The van der Waals surface area contributed by atoms with E-state index in [9.17, 15) is 0 Å². The fraction of sp³-hybridized carbons (Fsp3) is 0.0769. The van der Waals surface area contributed by atoms with Crippen LogP contribution in [0.25, 0.3) is 11.1 Å². The largest absolute Gasteiger partial charge is 0.107 e. The maximum absolute atomic E-state index is 5.85. The van der Waals surface area contributed by atoms with Crippen molar-refractivity contribution in [2.24, 2.45) is 0 Å². The molecule has 0 aliphatic heterocycles. The van der Waals surface area contributed by atoms with Crippen molar-refractivity contribution in [2.75, 3.05) is 0 Å². The number of hydrogen-bond acceptors (Lipinski definition) is 0. The first-order valence-corrected chi connectivity index (χ1v) is 5.52. The molecule has 0 spiro atoms. The van der Waals surface area contributed by atoms with Crippen LogP contribution in [0.1, 0.15) is 5.56 Å². The van der Waals surface area contributed by atoms with Crippen LogP contribution >= 0.6 is 11.6 Å². The topological polar surface area (TPSA) is 0 Å². The third kappa shape index (κ3) is 2.43. The first-order valence-electron chi connectivity index (χ1n) is 5.14. The summed E-state index contributed by atoms with van der Waals surface area (Å²) in [5.74, 6) is 0. The van der Waals surface area contributed by atoms with Gasteiger partial charge in [0.15, 0.2) is 0 Å². The zero-order valence-electron chi connectivity index (χ0n) is 8.70. The van der Waals surface area contributed by atoms with Crippen LogP contribution in [-0.2, 0) is 6.32 Å². The van der Waals surface area contributed by atoms with Gasteiger partial charge in [0.05, 0.1) is 0 Å². The lowest BCUT2D eigenvalue weighted by Gasteiger charge is -2.03. The van der Waals surface area contributed by atoms with Crippen molar-refractivity contribution in [1.29, 1.82) is 0 Å². The van der Waals surface area contributed by atoms with Gasteiger partial charge in [0.2, 0.25) is 0 Å². The number of hydrogen-bond donors (Lipinski definition) is 0. The van der Waals surface area contributed by atoms with Crippen LogP contribution in [0, 0.1) is 0 Å². The molecule has 0 atom stereocenters. The van der Waals surface area contributed by atoms with Crippen molar-refractivity contribution in [3.05, 3.63) is 59.1 Å². The Bertz CT molecular complexity index is 431. The molecule has 2 rings (SSSR count). The minimum atomic E-state index is 0.781. The molecule has 0 nitrogen and oxygen atoms in total. The summed E-state index contributed by atoms with van der Waals surface area (Å²) in [5.41, 5.74) is 3.82. The molecule has 0 unspecified atom stereocenters. The molecular formula is C13H12BCl. The average Bonchev–Trinajstić information content (AvgIpc) is 2.30. The first kappa shape index (κ1) is 10.3. The van der Waals surface area contributed by atoms with E-state index in [1.807, 2.05) is 24.3 Å². The van der Waals surface area contributed by atoms with Crippen LogP contribution < -0.4 is 0 Å². The van der Waals surface area contributed by atoms with Gasteiger partial charge in [-0.25, -0.2) is 0 Å². The van der Waals surface area contributed by atoms with E-state index in [0.717, 1.165) is 11.3 Å². The number of halogens is 1. The maximum atomic E-state index is 5.85. The molecule has 74 valence electrons. The molecule has 2 heteroatoms. The van der Waals surface area contributed by atoms with E-state index < -0.39 is 0 Å². The van der Waals surface area contributed by atoms with Crippen LogP contribution in [0.5, 0.6) is 0 Å². The van der Waals surface area contributed by atoms with Crippen molar-refractivity contribution >= 4 is 19.4 Å². The molecule has 0 aromatic heterocycles. The Hall–Kier alpha value is -1.21. The Morgan fingerprint density at radius 2 is 1.27 bits per heavy atom. The lowest BCUT2D eigenvalue weighted by atomic mass is 9.95. The average molecular weight is 215 g/mol. The van der Waals surface area contributed by atoms with Crippen LogP contribution in [-0.4, -0.2) is 7.85 Å².